The Kier molecular flexibility index (Phi) is 36.0. The van der Waals surface area contributed by atoms with Crippen molar-refractivity contribution in [2.45, 2.75) is 218 Å². The topological polar surface area (TPSA) is 135 Å². The number of carbonyl (C=O) groups is 1. The van der Waals surface area contributed by atoms with Gasteiger partial charge in [0, 0.05) is 13.0 Å². The maximum absolute atomic E-state index is 12.7. The highest BCUT2D eigenvalue weighted by Gasteiger charge is 2.44. The number of hydrogen-bond acceptors (Lipinski definition) is 9. The lowest BCUT2D eigenvalue weighted by Gasteiger charge is -2.39. The number of unbranched alkanes of at least 4 members (excludes halogenated alkanes) is 19. The second-order valence-corrected chi connectivity index (χ2v) is 15.5. The third-order valence-electron chi connectivity index (χ3n) is 10.3. The van der Waals surface area contributed by atoms with Crippen LogP contribution in [0.4, 0.5) is 0 Å². The summed E-state index contributed by atoms with van der Waals surface area (Å²) >= 11 is 0. The number of carbonyl (C=O) groups excluding carboxylic acids is 1. The van der Waals surface area contributed by atoms with E-state index in [0.717, 1.165) is 51.4 Å². The fraction of sp³-hybridized carbons (Fsp3) is 0.809. The average molecular weight is 793 g/mol. The molecule has 0 spiro atoms. The van der Waals surface area contributed by atoms with Gasteiger partial charge in [0.15, 0.2) is 6.29 Å². The summed E-state index contributed by atoms with van der Waals surface area (Å²) in [6.07, 6.45) is 40.0. The molecule has 1 aliphatic rings. The van der Waals surface area contributed by atoms with E-state index in [1.165, 1.54) is 103 Å². The number of aliphatic hydroxyl groups is 4. The summed E-state index contributed by atoms with van der Waals surface area (Å²) in [5.41, 5.74) is 0. The first kappa shape index (κ1) is 52.2. The highest BCUT2D eigenvalue weighted by Crippen LogP contribution is 2.22. The molecule has 9 nitrogen and oxygen atoms in total. The van der Waals surface area contributed by atoms with Crippen LogP contribution >= 0.6 is 0 Å². The lowest BCUT2D eigenvalue weighted by atomic mass is 9.99. The van der Waals surface area contributed by atoms with Crippen molar-refractivity contribution >= 4 is 5.97 Å². The first-order chi connectivity index (χ1) is 27.4. The number of allylic oxidation sites excluding steroid dienone is 8. The van der Waals surface area contributed by atoms with E-state index in [2.05, 4.69) is 62.5 Å². The van der Waals surface area contributed by atoms with Crippen LogP contribution < -0.4 is 0 Å². The SMILES string of the molecule is CC/C=C\C/C=C\C/C=C\C/C=C\CCCCC(=O)OC(COCCCCCCCCCCCCCCCCCCCC)COC1OC(CO)C(O)C(O)C1O. The standard InChI is InChI=1S/C47H84O9/c1-3-5-7-9-11-13-15-17-19-20-21-23-25-27-29-31-33-35-37-53-39-41(40-54-47-46(52)45(51)44(50)42(38-48)56-47)55-43(49)36-34-32-30-28-26-24-22-18-16-14-12-10-8-6-4-2/h6,8,12,14,18,22,26,28,41-42,44-48,50-52H,3-5,7,9-11,13,15-17,19-21,23-25,27,29-40H2,1-2H3/b8-6-,14-12-,22-18-,28-26-. The van der Waals surface area contributed by atoms with Crippen molar-refractivity contribution in [2.24, 2.45) is 0 Å². The zero-order chi connectivity index (χ0) is 40.7. The third kappa shape index (κ3) is 29.4. The summed E-state index contributed by atoms with van der Waals surface area (Å²) in [4.78, 5) is 12.7. The summed E-state index contributed by atoms with van der Waals surface area (Å²) in [7, 11) is 0. The second-order valence-electron chi connectivity index (χ2n) is 15.5. The molecule has 0 amide bonds. The largest absolute Gasteiger partial charge is 0.457 e. The molecule has 6 atom stereocenters. The molecular weight excluding hydrogens is 709 g/mol. The van der Waals surface area contributed by atoms with Crippen LogP contribution in [0.2, 0.25) is 0 Å². The van der Waals surface area contributed by atoms with Gasteiger partial charge in [-0.3, -0.25) is 4.79 Å². The molecule has 0 saturated carbocycles. The zero-order valence-electron chi connectivity index (χ0n) is 35.6. The van der Waals surface area contributed by atoms with Crippen LogP contribution in [-0.2, 0) is 23.7 Å². The van der Waals surface area contributed by atoms with E-state index < -0.39 is 43.4 Å². The monoisotopic (exact) mass is 793 g/mol. The molecule has 326 valence electrons. The Labute approximate surface area is 342 Å². The quantitative estimate of drug-likeness (QED) is 0.0274. The first-order valence-electron chi connectivity index (χ1n) is 22.7. The van der Waals surface area contributed by atoms with Gasteiger partial charge in [-0.15, -0.1) is 0 Å². The number of aliphatic hydroxyl groups excluding tert-OH is 4. The van der Waals surface area contributed by atoms with Gasteiger partial charge >= 0.3 is 5.97 Å². The van der Waals surface area contributed by atoms with E-state index in [9.17, 15) is 25.2 Å². The Morgan fingerprint density at radius 2 is 1.09 bits per heavy atom. The van der Waals surface area contributed by atoms with Gasteiger partial charge in [-0.05, 0) is 51.4 Å². The molecule has 0 aromatic rings. The molecule has 0 bridgehead atoms. The van der Waals surface area contributed by atoms with E-state index in [1.54, 1.807) is 0 Å². The lowest BCUT2D eigenvalue weighted by Crippen LogP contribution is -2.59. The van der Waals surface area contributed by atoms with Crippen molar-refractivity contribution in [3.63, 3.8) is 0 Å². The van der Waals surface area contributed by atoms with Crippen LogP contribution in [0.15, 0.2) is 48.6 Å². The Morgan fingerprint density at radius 3 is 1.61 bits per heavy atom. The normalized spacial score (nSPS) is 21.0. The smallest absolute Gasteiger partial charge is 0.306 e. The summed E-state index contributed by atoms with van der Waals surface area (Å²) in [5.74, 6) is -0.352. The molecule has 1 heterocycles. The van der Waals surface area contributed by atoms with E-state index in [0.29, 0.717) is 13.0 Å². The van der Waals surface area contributed by atoms with Gasteiger partial charge in [-0.1, -0.05) is 172 Å². The molecular formula is C47H84O9. The van der Waals surface area contributed by atoms with Crippen molar-refractivity contribution in [3.8, 4) is 0 Å². The van der Waals surface area contributed by atoms with Gasteiger partial charge in [0.25, 0.3) is 0 Å². The van der Waals surface area contributed by atoms with Gasteiger partial charge in [0.1, 0.15) is 30.5 Å². The molecule has 0 aromatic carbocycles. The van der Waals surface area contributed by atoms with Gasteiger partial charge in [-0.25, -0.2) is 0 Å². The van der Waals surface area contributed by atoms with E-state index >= 15 is 0 Å². The highest BCUT2D eigenvalue weighted by atomic mass is 16.7. The van der Waals surface area contributed by atoms with Gasteiger partial charge in [0.2, 0.25) is 0 Å². The van der Waals surface area contributed by atoms with Crippen molar-refractivity contribution in [3.05, 3.63) is 48.6 Å². The fourth-order valence-corrected chi connectivity index (χ4v) is 6.72. The molecule has 0 aliphatic carbocycles. The van der Waals surface area contributed by atoms with Crippen molar-refractivity contribution < 1.29 is 44.2 Å². The molecule has 1 saturated heterocycles. The first-order valence-corrected chi connectivity index (χ1v) is 22.7. The maximum atomic E-state index is 12.7. The van der Waals surface area contributed by atoms with E-state index in [1.807, 2.05) is 0 Å². The lowest BCUT2D eigenvalue weighted by molar-refractivity contribution is -0.305. The van der Waals surface area contributed by atoms with Crippen LogP contribution in [0.25, 0.3) is 0 Å². The van der Waals surface area contributed by atoms with Gasteiger partial charge in [0.05, 0.1) is 19.8 Å². The van der Waals surface area contributed by atoms with Crippen molar-refractivity contribution in [1.82, 2.24) is 0 Å². The third-order valence-corrected chi connectivity index (χ3v) is 10.3. The average Bonchev–Trinajstić information content (AvgIpc) is 3.20. The predicted octanol–water partition coefficient (Wildman–Crippen LogP) is 10.1. The molecule has 56 heavy (non-hydrogen) atoms. The highest BCUT2D eigenvalue weighted by molar-refractivity contribution is 5.69. The molecule has 0 radical (unpaired) electrons. The number of esters is 1. The molecule has 9 heteroatoms. The van der Waals surface area contributed by atoms with Crippen LogP contribution in [0.3, 0.4) is 0 Å². The van der Waals surface area contributed by atoms with Gasteiger partial charge in [-0.2, -0.15) is 0 Å². The van der Waals surface area contributed by atoms with Crippen LogP contribution in [-0.4, -0.2) is 89.6 Å². The number of ether oxygens (including phenoxy) is 4. The molecule has 1 rings (SSSR count). The second kappa shape index (κ2) is 38.7. The number of rotatable bonds is 38. The van der Waals surface area contributed by atoms with E-state index in [-0.39, 0.29) is 25.6 Å². The molecule has 1 fully saturated rings. The summed E-state index contributed by atoms with van der Waals surface area (Å²) < 4.78 is 22.8. The maximum Gasteiger partial charge on any atom is 0.306 e. The Morgan fingerprint density at radius 1 is 0.589 bits per heavy atom. The van der Waals surface area contributed by atoms with Crippen LogP contribution in [0.5, 0.6) is 0 Å². The molecule has 4 N–H and O–H groups in total. The Balaban J connectivity index is 2.28. The Bertz CT molecular complexity index is 994. The minimum Gasteiger partial charge on any atom is -0.457 e. The van der Waals surface area contributed by atoms with Crippen LogP contribution in [0.1, 0.15) is 181 Å². The minimum absolute atomic E-state index is 0.129. The molecule has 1 aliphatic heterocycles. The van der Waals surface area contributed by atoms with Crippen molar-refractivity contribution in [1.29, 1.82) is 0 Å². The zero-order valence-corrected chi connectivity index (χ0v) is 35.6. The summed E-state index contributed by atoms with van der Waals surface area (Å²) in [6.45, 7) is 4.41. The summed E-state index contributed by atoms with van der Waals surface area (Å²) in [6, 6.07) is 0. The minimum atomic E-state index is -1.54. The predicted molar refractivity (Wildman–Crippen MR) is 228 cm³/mol. The molecule has 0 aromatic heterocycles. The molecule has 6 unspecified atom stereocenters. The van der Waals surface area contributed by atoms with Crippen molar-refractivity contribution in [2.75, 3.05) is 26.4 Å². The number of hydrogen-bond donors (Lipinski definition) is 4. The van der Waals surface area contributed by atoms with Crippen LogP contribution in [0, 0.1) is 0 Å². The van der Waals surface area contributed by atoms with Gasteiger partial charge < -0.3 is 39.4 Å². The Hall–Kier alpha value is -1.85. The summed E-state index contributed by atoms with van der Waals surface area (Å²) in [5, 5.41) is 40.1. The fourth-order valence-electron chi connectivity index (χ4n) is 6.72. The van der Waals surface area contributed by atoms with E-state index in [4.69, 9.17) is 18.9 Å².